The molecule has 3 rings (SSSR count). The molecule has 0 aromatic heterocycles. The molecule has 0 bridgehead atoms. The number of carbonyl (C=O) groups excluding carboxylic acids is 2. The van der Waals surface area contributed by atoms with Crippen LogP contribution in [-0.4, -0.2) is 30.8 Å². The van der Waals surface area contributed by atoms with Crippen LogP contribution in [-0.2, 0) is 9.53 Å². The van der Waals surface area contributed by atoms with Crippen LogP contribution in [0.1, 0.15) is 22.8 Å². The van der Waals surface area contributed by atoms with Gasteiger partial charge in [-0.25, -0.2) is 9.79 Å². The topological polar surface area (TPSA) is 77.0 Å². The first kappa shape index (κ1) is 18.7. The Labute approximate surface area is 161 Å². The number of aliphatic imine (C=N–C) groups is 1. The van der Waals surface area contributed by atoms with E-state index in [2.05, 4.69) is 15.0 Å². The first-order valence-electron chi connectivity index (χ1n) is 8.30. The molecule has 7 heteroatoms. The summed E-state index contributed by atoms with van der Waals surface area (Å²) in [5.74, 6) is 0.175. The number of amides is 1. The van der Waals surface area contributed by atoms with E-state index >= 15 is 0 Å². The number of methoxy groups -OCH3 is 1. The fraction of sp³-hybridized carbons (Fsp3) is 0.150. The van der Waals surface area contributed by atoms with Crippen LogP contribution in [0, 0.1) is 0 Å². The van der Waals surface area contributed by atoms with Crippen molar-refractivity contribution in [3.05, 3.63) is 64.6 Å². The van der Waals surface area contributed by atoms with E-state index in [0.717, 1.165) is 17.0 Å². The Hall–Kier alpha value is -3.06. The van der Waals surface area contributed by atoms with Crippen molar-refractivity contribution in [1.29, 1.82) is 0 Å². The number of ether oxygens (including phenoxy) is 2. The van der Waals surface area contributed by atoms with Gasteiger partial charge in [0.15, 0.2) is 5.17 Å². The second-order valence-corrected chi connectivity index (χ2v) is 6.55. The molecular formula is C20H18N2O4S. The summed E-state index contributed by atoms with van der Waals surface area (Å²) in [6.45, 7) is 2.53. The molecule has 0 aliphatic carbocycles. The maximum absolute atomic E-state index is 12.2. The van der Waals surface area contributed by atoms with Gasteiger partial charge in [-0.15, -0.1) is 0 Å². The van der Waals surface area contributed by atoms with Gasteiger partial charge in [-0.1, -0.05) is 12.1 Å². The van der Waals surface area contributed by atoms with Crippen molar-refractivity contribution in [2.75, 3.05) is 13.7 Å². The number of amidine groups is 1. The molecule has 138 valence electrons. The van der Waals surface area contributed by atoms with Gasteiger partial charge < -0.3 is 14.8 Å². The fourth-order valence-corrected chi connectivity index (χ4v) is 3.21. The summed E-state index contributed by atoms with van der Waals surface area (Å²) in [6, 6.07) is 14.2. The molecule has 1 amide bonds. The summed E-state index contributed by atoms with van der Waals surface area (Å²) in [5.41, 5.74) is 1.99. The smallest absolute Gasteiger partial charge is 0.337 e. The SMILES string of the molecule is CCOc1ccc(N=C2NC(=O)/C(=C\c3ccc(C(=O)OC)cc3)S2)cc1. The lowest BCUT2D eigenvalue weighted by molar-refractivity contribution is -0.115. The number of thioether (sulfide) groups is 1. The van der Waals surface area contributed by atoms with Crippen molar-refractivity contribution in [3.63, 3.8) is 0 Å². The van der Waals surface area contributed by atoms with E-state index < -0.39 is 5.97 Å². The van der Waals surface area contributed by atoms with Gasteiger partial charge in [0.1, 0.15) is 5.75 Å². The van der Waals surface area contributed by atoms with Crippen molar-refractivity contribution in [2.24, 2.45) is 4.99 Å². The van der Waals surface area contributed by atoms with Gasteiger partial charge in [0.05, 0.1) is 29.9 Å². The average molecular weight is 382 g/mol. The van der Waals surface area contributed by atoms with Crippen molar-refractivity contribution in [2.45, 2.75) is 6.92 Å². The molecule has 0 unspecified atom stereocenters. The van der Waals surface area contributed by atoms with E-state index in [1.807, 2.05) is 31.2 Å². The van der Waals surface area contributed by atoms with Crippen LogP contribution in [0.25, 0.3) is 6.08 Å². The molecule has 27 heavy (non-hydrogen) atoms. The molecular weight excluding hydrogens is 364 g/mol. The summed E-state index contributed by atoms with van der Waals surface area (Å²) >= 11 is 1.27. The molecule has 1 heterocycles. The van der Waals surface area contributed by atoms with Crippen molar-refractivity contribution in [3.8, 4) is 5.75 Å². The Bertz CT molecular complexity index is 903. The molecule has 0 atom stereocenters. The third kappa shape index (κ3) is 4.77. The predicted molar refractivity (Wildman–Crippen MR) is 106 cm³/mol. The molecule has 0 spiro atoms. The number of esters is 1. The molecule has 1 fully saturated rings. The third-order valence-corrected chi connectivity index (χ3v) is 4.57. The highest BCUT2D eigenvalue weighted by Crippen LogP contribution is 2.28. The van der Waals surface area contributed by atoms with Gasteiger partial charge in [0.2, 0.25) is 0 Å². The maximum Gasteiger partial charge on any atom is 0.337 e. The van der Waals surface area contributed by atoms with Crippen LogP contribution in [0.2, 0.25) is 0 Å². The quantitative estimate of drug-likeness (QED) is 0.629. The summed E-state index contributed by atoms with van der Waals surface area (Å²) in [5, 5.41) is 3.27. The van der Waals surface area contributed by atoms with E-state index in [4.69, 9.17) is 4.74 Å². The number of benzene rings is 2. The first-order chi connectivity index (χ1) is 13.1. The van der Waals surface area contributed by atoms with Gasteiger partial charge in [-0.2, -0.15) is 0 Å². The van der Waals surface area contributed by atoms with Crippen molar-refractivity contribution in [1.82, 2.24) is 5.32 Å². The van der Waals surface area contributed by atoms with Crippen molar-refractivity contribution < 1.29 is 19.1 Å². The van der Waals surface area contributed by atoms with Crippen LogP contribution in [0.15, 0.2) is 58.4 Å². The Kier molecular flexibility index (Phi) is 5.93. The van der Waals surface area contributed by atoms with Gasteiger partial charge in [-0.05, 0) is 66.7 Å². The van der Waals surface area contributed by atoms with E-state index in [0.29, 0.717) is 22.2 Å². The highest BCUT2D eigenvalue weighted by molar-refractivity contribution is 8.18. The number of nitrogens with one attached hydrogen (secondary N) is 1. The average Bonchev–Trinajstić information content (AvgIpc) is 3.02. The van der Waals surface area contributed by atoms with Gasteiger partial charge >= 0.3 is 5.97 Å². The molecule has 1 aliphatic heterocycles. The zero-order chi connectivity index (χ0) is 19.2. The highest BCUT2D eigenvalue weighted by atomic mass is 32.2. The lowest BCUT2D eigenvalue weighted by Crippen LogP contribution is -2.19. The number of rotatable bonds is 5. The number of hydrogen-bond donors (Lipinski definition) is 1. The minimum Gasteiger partial charge on any atom is -0.494 e. The second-order valence-electron chi connectivity index (χ2n) is 5.52. The molecule has 6 nitrogen and oxygen atoms in total. The Balaban J connectivity index is 1.72. The highest BCUT2D eigenvalue weighted by Gasteiger charge is 2.23. The summed E-state index contributed by atoms with van der Waals surface area (Å²) in [6.07, 6.45) is 1.75. The molecule has 0 saturated carbocycles. The van der Waals surface area contributed by atoms with E-state index in [1.165, 1.54) is 18.9 Å². The summed E-state index contributed by atoms with van der Waals surface area (Å²) in [4.78, 5) is 28.6. The van der Waals surface area contributed by atoms with E-state index in [-0.39, 0.29) is 5.91 Å². The lowest BCUT2D eigenvalue weighted by Gasteiger charge is -2.02. The normalized spacial score (nSPS) is 16.4. The second kappa shape index (κ2) is 8.55. The van der Waals surface area contributed by atoms with Crippen molar-refractivity contribution >= 4 is 40.6 Å². The standard InChI is InChI=1S/C20H18N2O4S/c1-3-26-16-10-8-15(9-11-16)21-20-22-18(23)17(27-20)12-13-4-6-14(7-5-13)19(24)25-2/h4-12H,3H2,1-2H3,(H,21,22,23)/b17-12+. The van der Waals surface area contributed by atoms with Crippen LogP contribution < -0.4 is 10.1 Å². The maximum atomic E-state index is 12.2. The van der Waals surface area contributed by atoms with Gasteiger partial charge in [0, 0.05) is 0 Å². The molecule has 2 aromatic rings. The van der Waals surface area contributed by atoms with E-state index in [9.17, 15) is 9.59 Å². The minimum atomic E-state index is -0.396. The molecule has 2 aromatic carbocycles. The fourth-order valence-electron chi connectivity index (χ4n) is 2.37. The zero-order valence-corrected chi connectivity index (χ0v) is 15.7. The predicted octanol–water partition coefficient (Wildman–Crippen LogP) is 3.76. The minimum absolute atomic E-state index is 0.207. The van der Waals surface area contributed by atoms with Crippen LogP contribution >= 0.6 is 11.8 Å². The molecule has 1 N–H and O–H groups in total. The first-order valence-corrected chi connectivity index (χ1v) is 9.11. The Morgan fingerprint density at radius 2 is 1.85 bits per heavy atom. The lowest BCUT2D eigenvalue weighted by atomic mass is 10.1. The molecule has 0 radical (unpaired) electrons. The summed E-state index contributed by atoms with van der Waals surface area (Å²) < 4.78 is 10.1. The van der Waals surface area contributed by atoms with Crippen LogP contribution in [0.5, 0.6) is 5.75 Å². The Morgan fingerprint density at radius 3 is 2.48 bits per heavy atom. The zero-order valence-electron chi connectivity index (χ0n) is 14.9. The largest absolute Gasteiger partial charge is 0.494 e. The van der Waals surface area contributed by atoms with Gasteiger partial charge in [0.25, 0.3) is 5.91 Å². The van der Waals surface area contributed by atoms with Crippen LogP contribution in [0.3, 0.4) is 0 Å². The van der Waals surface area contributed by atoms with Gasteiger partial charge in [-0.3, -0.25) is 4.79 Å². The monoisotopic (exact) mass is 382 g/mol. The summed E-state index contributed by atoms with van der Waals surface area (Å²) in [7, 11) is 1.34. The Morgan fingerprint density at radius 1 is 1.15 bits per heavy atom. The molecule has 1 saturated heterocycles. The molecule has 1 aliphatic rings. The van der Waals surface area contributed by atoms with Crippen LogP contribution in [0.4, 0.5) is 5.69 Å². The number of carbonyl (C=O) groups is 2. The number of hydrogen-bond acceptors (Lipinski definition) is 6. The number of nitrogens with zero attached hydrogens (tertiary/aromatic N) is 1. The third-order valence-electron chi connectivity index (χ3n) is 3.66. The van der Waals surface area contributed by atoms with E-state index in [1.54, 1.807) is 30.3 Å².